The van der Waals surface area contributed by atoms with E-state index in [0.29, 0.717) is 0 Å². The van der Waals surface area contributed by atoms with Crippen molar-refractivity contribution in [3.05, 3.63) is 36.8 Å². The first-order valence-electron chi connectivity index (χ1n) is 4.59. The zero-order chi connectivity index (χ0) is 12.3. The molecule has 0 saturated carbocycles. The van der Waals surface area contributed by atoms with Crippen molar-refractivity contribution in [1.29, 1.82) is 0 Å². The SMILES string of the molecule is Nc1ccc(S(=O)(=O)Nc2ncccn2)cn1. The lowest BCUT2D eigenvalue weighted by Gasteiger charge is -2.05. The first-order valence-corrected chi connectivity index (χ1v) is 6.07. The predicted molar refractivity (Wildman–Crippen MR) is 61.5 cm³/mol. The lowest BCUT2D eigenvalue weighted by molar-refractivity contribution is 0.600. The highest BCUT2D eigenvalue weighted by molar-refractivity contribution is 7.92. The fraction of sp³-hybridized carbons (Fsp3) is 0. The van der Waals surface area contributed by atoms with Crippen molar-refractivity contribution < 1.29 is 8.42 Å². The maximum absolute atomic E-state index is 11.8. The van der Waals surface area contributed by atoms with Gasteiger partial charge in [0.2, 0.25) is 5.95 Å². The summed E-state index contributed by atoms with van der Waals surface area (Å²) >= 11 is 0. The summed E-state index contributed by atoms with van der Waals surface area (Å²) in [5.74, 6) is 0.254. The van der Waals surface area contributed by atoms with Crippen LogP contribution in [0.5, 0.6) is 0 Å². The summed E-state index contributed by atoms with van der Waals surface area (Å²) in [5.41, 5.74) is 5.37. The minimum absolute atomic E-state index is 0.000784. The van der Waals surface area contributed by atoms with Crippen LogP contribution in [0.4, 0.5) is 11.8 Å². The Morgan fingerprint density at radius 1 is 1.12 bits per heavy atom. The molecule has 2 aromatic rings. The first-order chi connectivity index (χ1) is 8.08. The molecule has 0 saturated heterocycles. The molecular weight excluding hydrogens is 242 g/mol. The molecule has 0 aromatic carbocycles. The summed E-state index contributed by atoms with van der Waals surface area (Å²) in [4.78, 5) is 11.2. The van der Waals surface area contributed by atoms with Gasteiger partial charge in [-0.25, -0.2) is 28.1 Å². The first kappa shape index (κ1) is 11.3. The fourth-order valence-corrected chi connectivity index (χ4v) is 1.98. The Morgan fingerprint density at radius 3 is 2.41 bits per heavy atom. The highest BCUT2D eigenvalue weighted by Crippen LogP contribution is 2.12. The molecule has 0 radical (unpaired) electrons. The van der Waals surface area contributed by atoms with E-state index in [1.807, 2.05) is 0 Å². The van der Waals surface area contributed by atoms with Gasteiger partial charge in [-0.05, 0) is 18.2 Å². The number of hydrogen-bond acceptors (Lipinski definition) is 6. The largest absolute Gasteiger partial charge is 0.384 e. The van der Waals surface area contributed by atoms with Crippen molar-refractivity contribution in [3.8, 4) is 0 Å². The van der Waals surface area contributed by atoms with Gasteiger partial charge in [0, 0.05) is 18.6 Å². The number of pyridine rings is 1. The fourth-order valence-electron chi connectivity index (χ4n) is 1.08. The van der Waals surface area contributed by atoms with E-state index in [4.69, 9.17) is 5.73 Å². The molecule has 0 bridgehead atoms. The Morgan fingerprint density at radius 2 is 1.82 bits per heavy atom. The molecule has 0 atom stereocenters. The molecule has 2 rings (SSSR count). The van der Waals surface area contributed by atoms with E-state index in [2.05, 4.69) is 19.7 Å². The molecule has 0 aliphatic carbocycles. The van der Waals surface area contributed by atoms with Crippen LogP contribution in [0.1, 0.15) is 0 Å². The highest BCUT2D eigenvalue weighted by Gasteiger charge is 2.15. The lowest BCUT2D eigenvalue weighted by atomic mass is 10.5. The quantitative estimate of drug-likeness (QED) is 0.809. The van der Waals surface area contributed by atoms with E-state index in [9.17, 15) is 8.42 Å². The van der Waals surface area contributed by atoms with Crippen molar-refractivity contribution >= 4 is 21.8 Å². The van der Waals surface area contributed by atoms with Gasteiger partial charge in [0.25, 0.3) is 10.0 Å². The Labute approximate surface area is 97.8 Å². The van der Waals surface area contributed by atoms with Gasteiger partial charge in [-0.1, -0.05) is 0 Å². The molecule has 0 spiro atoms. The summed E-state index contributed by atoms with van der Waals surface area (Å²) in [6, 6.07) is 4.34. The number of nitrogen functional groups attached to an aromatic ring is 1. The van der Waals surface area contributed by atoms with Gasteiger partial charge in [-0.3, -0.25) is 0 Å². The number of nitrogens with one attached hydrogen (secondary N) is 1. The number of anilines is 2. The van der Waals surface area contributed by atoms with E-state index >= 15 is 0 Å². The number of rotatable bonds is 3. The Kier molecular flexibility index (Phi) is 2.88. The standard InChI is InChI=1S/C9H9N5O2S/c10-8-3-2-7(6-13-8)17(15,16)14-9-11-4-1-5-12-9/h1-6H,(H2,10,13)(H,11,12,14). The van der Waals surface area contributed by atoms with Crippen LogP contribution in [-0.4, -0.2) is 23.4 Å². The summed E-state index contributed by atoms with van der Waals surface area (Å²) in [6.45, 7) is 0. The zero-order valence-electron chi connectivity index (χ0n) is 8.61. The minimum atomic E-state index is -3.72. The normalized spacial score (nSPS) is 11.1. The Bertz CT molecular complexity index is 597. The van der Waals surface area contributed by atoms with Gasteiger partial charge in [0.15, 0.2) is 0 Å². The summed E-state index contributed by atoms with van der Waals surface area (Å²) in [7, 11) is -3.72. The van der Waals surface area contributed by atoms with Gasteiger partial charge in [0.1, 0.15) is 10.7 Å². The maximum atomic E-state index is 11.8. The van der Waals surface area contributed by atoms with Gasteiger partial charge in [-0.15, -0.1) is 0 Å². The highest BCUT2D eigenvalue weighted by atomic mass is 32.2. The molecule has 0 fully saturated rings. The van der Waals surface area contributed by atoms with Crippen molar-refractivity contribution in [2.75, 3.05) is 10.5 Å². The second-order valence-corrected chi connectivity index (χ2v) is 4.78. The number of sulfonamides is 1. The zero-order valence-corrected chi connectivity index (χ0v) is 9.42. The van der Waals surface area contributed by atoms with E-state index < -0.39 is 10.0 Å². The molecule has 88 valence electrons. The predicted octanol–water partition coefficient (Wildman–Crippen LogP) is 0.255. The van der Waals surface area contributed by atoms with Gasteiger partial charge < -0.3 is 5.73 Å². The molecule has 2 aromatic heterocycles. The van der Waals surface area contributed by atoms with E-state index in [-0.39, 0.29) is 16.7 Å². The number of nitrogens with zero attached hydrogens (tertiary/aromatic N) is 3. The third-order valence-corrected chi connectivity index (χ3v) is 3.17. The van der Waals surface area contributed by atoms with Gasteiger partial charge in [0.05, 0.1) is 0 Å². The van der Waals surface area contributed by atoms with Crippen LogP contribution in [-0.2, 0) is 10.0 Å². The van der Waals surface area contributed by atoms with Crippen molar-refractivity contribution in [2.45, 2.75) is 4.90 Å². The maximum Gasteiger partial charge on any atom is 0.265 e. The van der Waals surface area contributed by atoms with Crippen molar-refractivity contribution in [1.82, 2.24) is 15.0 Å². The summed E-state index contributed by atoms with van der Waals surface area (Å²) < 4.78 is 25.9. The van der Waals surface area contributed by atoms with Crippen LogP contribution in [0, 0.1) is 0 Å². The smallest absolute Gasteiger partial charge is 0.265 e. The number of nitrogens with two attached hydrogens (primary N) is 1. The van der Waals surface area contributed by atoms with Crippen LogP contribution in [0.15, 0.2) is 41.7 Å². The van der Waals surface area contributed by atoms with Crippen molar-refractivity contribution in [3.63, 3.8) is 0 Å². The second kappa shape index (κ2) is 4.34. The molecule has 0 aliphatic heterocycles. The van der Waals surface area contributed by atoms with E-state index in [1.165, 1.54) is 30.7 Å². The van der Waals surface area contributed by atoms with Gasteiger partial charge >= 0.3 is 0 Å². The topological polar surface area (TPSA) is 111 Å². The summed E-state index contributed by atoms with van der Waals surface area (Å²) in [6.07, 6.45) is 4.04. The molecule has 2 heterocycles. The van der Waals surface area contributed by atoms with Crippen LogP contribution >= 0.6 is 0 Å². The molecule has 17 heavy (non-hydrogen) atoms. The van der Waals surface area contributed by atoms with Crippen molar-refractivity contribution in [2.24, 2.45) is 0 Å². The molecular formula is C9H9N5O2S. The Balaban J connectivity index is 2.29. The molecule has 0 amide bonds. The monoisotopic (exact) mass is 251 g/mol. The molecule has 0 aliphatic rings. The Hall–Kier alpha value is -2.22. The molecule has 8 heteroatoms. The van der Waals surface area contributed by atoms with Crippen LogP contribution in [0.2, 0.25) is 0 Å². The lowest BCUT2D eigenvalue weighted by Crippen LogP contribution is -2.15. The average molecular weight is 251 g/mol. The number of aromatic nitrogens is 3. The summed E-state index contributed by atoms with van der Waals surface area (Å²) in [5, 5.41) is 0. The van der Waals surface area contributed by atoms with E-state index in [1.54, 1.807) is 6.07 Å². The van der Waals surface area contributed by atoms with Crippen LogP contribution < -0.4 is 10.5 Å². The molecule has 7 nitrogen and oxygen atoms in total. The second-order valence-electron chi connectivity index (χ2n) is 3.10. The number of hydrogen-bond donors (Lipinski definition) is 2. The minimum Gasteiger partial charge on any atom is -0.384 e. The third kappa shape index (κ3) is 2.67. The third-order valence-electron chi connectivity index (χ3n) is 1.86. The van der Waals surface area contributed by atoms with Gasteiger partial charge in [-0.2, -0.15) is 0 Å². The van der Waals surface area contributed by atoms with Crippen LogP contribution in [0.25, 0.3) is 0 Å². The van der Waals surface area contributed by atoms with Crippen LogP contribution in [0.3, 0.4) is 0 Å². The average Bonchev–Trinajstić information content (AvgIpc) is 2.30. The molecule has 3 N–H and O–H groups in total. The van der Waals surface area contributed by atoms with E-state index in [0.717, 1.165) is 0 Å². The molecule has 0 unspecified atom stereocenters.